The van der Waals surface area contributed by atoms with Gasteiger partial charge in [-0.15, -0.1) is 0 Å². The molecule has 3 aromatic rings. The minimum Gasteiger partial charge on any atom is -0.395 e. The number of benzene rings is 2. The van der Waals surface area contributed by atoms with E-state index in [-0.39, 0.29) is 12.5 Å². The summed E-state index contributed by atoms with van der Waals surface area (Å²) < 4.78 is 2.62. The Kier molecular flexibility index (Phi) is 2.65. The molecule has 1 N–H and O–H groups in total. The summed E-state index contributed by atoms with van der Waals surface area (Å²) in [7, 11) is 0. The molecule has 4 nitrogen and oxygen atoms in total. The van der Waals surface area contributed by atoms with Gasteiger partial charge in [-0.25, -0.2) is 0 Å². The summed E-state index contributed by atoms with van der Waals surface area (Å²) in [4.78, 5) is 12.8. The Morgan fingerprint density at radius 2 is 1.81 bits per heavy atom. The van der Waals surface area contributed by atoms with Crippen LogP contribution in [0.2, 0.25) is 0 Å². The minimum atomic E-state index is -0.0583. The number of aliphatic hydroxyl groups excluding tert-OH is 1. The van der Waals surface area contributed by atoms with Crippen molar-refractivity contribution in [3.8, 4) is 5.69 Å². The Hall–Kier alpha value is -2.46. The van der Waals surface area contributed by atoms with Gasteiger partial charge in [0.05, 0.1) is 17.4 Å². The van der Waals surface area contributed by atoms with E-state index in [0.717, 1.165) is 33.1 Å². The van der Waals surface area contributed by atoms with Crippen molar-refractivity contribution in [1.29, 1.82) is 0 Å². The molecule has 1 atom stereocenters. The van der Waals surface area contributed by atoms with E-state index < -0.39 is 0 Å². The molecule has 0 radical (unpaired) electrons. The zero-order chi connectivity index (χ0) is 14.4. The number of rotatable bonds is 2. The van der Waals surface area contributed by atoms with Gasteiger partial charge >= 0.3 is 0 Å². The van der Waals surface area contributed by atoms with Gasteiger partial charge in [-0.05, 0) is 24.6 Å². The summed E-state index contributed by atoms with van der Waals surface area (Å²) in [5, 5.41) is 10.5. The quantitative estimate of drug-likeness (QED) is 0.731. The molecule has 0 spiro atoms. The first-order valence-corrected chi connectivity index (χ1v) is 7.07. The van der Waals surface area contributed by atoms with Gasteiger partial charge in [0.15, 0.2) is 4.54 Å². The number of aromatic nitrogens is 2. The van der Waals surface area contributed by atoms with E-state index in [9.17, 15) is 10.0 Å². The predicted molar refractivity (Wildman–Crippen MR) is 80.2 cm³/mol. The second-order valence-corrected chi connectivity index (χ2v) is 5.38. The van der Waals surface area contributed by atoms with Crippen LogP contribution in [0.5, 0.6) is 0 Å². The predicted octanol–water partition coefficient (Wildman–Crippen LogP) is 2.18. The molecule has 21 heavy (non-hydrogen) atoms. The Morgan fingerprint density at radius 1 is 1.10 bits per heavy atom. The van der Waals surface area contributed by atoms with Crippen LogP contribution in [0.1, 0.15) is 17.2 Å². The molecule has 0 amide bonds. The van der Waals surface area contributed by atoms with Gasteiger partial charge in [-0.1, -0.05) is 41.1 Å². The lowest BCUT2D eigenvalue weighted by molar-refractivity contribution is -0.596. The maximum atomic E-state index is 12.8. The summed E-state index contributed by atoms with van der Waals surface area (Å²) in [5.41, 5.74) is 3.48. The summed E-state index contributed by atoms with van der Waals surface area (Å²) in [5.74, 6) is -0.0583. The van der Waals surface area contributed by atoms with Crippen molar-refractivity contribution < 1.29 is 9.65 Å². The van der Waals surface area contributed by atoms with Crippen LogP contribution in [-0.2, 0) is 6.42 Å². The maximum Gasteiger partial charge on any atom is 0.279 e. The SMILES string of the molecule is O=[n+]1c2c(c3ccccc3n1-c1ccccc1)CC2CO. The molecule has 1 aromatic heterocycles. The van der Waals surface area contributed by atoms with Crippen LogP contribution >= 0.6 is 0 Å². The average Bonchev–Trinajstić information content (AvgIpc) is 2.49. The third kappa shape index (κ3) is 1.66. The summed E-state index contributed by atoms with van der Waals surface area (Å²) >= 11 is 0. The topological polar surface area (TPSA) is 48.1 Å². The molecule has 0 fully saturated rings. The smallest absolute Gasteiger partial charge is 0.279 e. The number of hydrogen-bond acceptors (Lipinski definition) is 2. The van der Waals surface area contributed by atoms with Crippen molar-refractivity contribution in [1.82, 2.24) is 4.68 Å². The van der Waals surface area contributed by atoms with Gasteiger partial charge in [0.1, 0.15) is 11.2 Å². The molecule has 1 unspecified atom stereocenters. The van der Waals surface area contributed by atoms with E-state index in [1.54, 1.807) is 4.68 Å². The van der Waals surface area contributed by atoms with Crippen molar-refractivity contribution >= 4 is 10.9 Å². The first-order valence-electron chi connectivity index (χ1n) is 7.07. The first kappa shape index (κ1) is 12.3. The van der Waals surface area contributed by atoms with E-state index in [0.29, 0.717) is 5.69 Å². The highest BCUT2D eigenvalue weighted by molar-refractivity contribution is 5.84. The molecular formula is C17H15N2O2+. The number of aliphatic hydroxyl groups is 1. The minimum absolute atomic E-state index is 0.0162. The van der Waals surface area contributed by atoms with Crippen LogP contribution in [0.4, 0.5) is 0 Å². The van der Waals surface area contributed by atoms with Crippen molar-refractivity contribution in [3.63, 3.8) is 0 Å². The third-order valence-electron chi connectivity index (χ3n) is 4.21. The summed E-state index contributed by atoms with van der Waals surface area (Å²) in [6.07, 6.45) is 0.768. The lowest BCUT2D eigenvalue weighted by Gasteiger charge is -2.23. The van der Waals surface area contributed by atoms with Crippen LogP contribution in [0.25, 0.3) is 16.6 Å². The van der Waals surface area contributed by atoms with Crippen molar-refractivity contribution in [2.24, 2.45) is 0 Å². The van der Waals surface area contributed by atoms with Gasteiger partial charge in [0.25, 0.3) is 5.69 Å². The lowest BCUT2D eigenvalue weighted by Crippen LogP contribution is -2.43. The van der Waals surface area contributed by atoms with E-state index in [4.69, 9.17) is 0 Å². The second kappa shape index (κ2) is 4.53. The molecule has 4 heteroatoms. The van der Waals surface area contributed by atoms with Crippen LogP contribution in [0.15, 0.2) is 54.6 Å². The van der Waals surface area contributed by atoms with Gasteiger partial charge in [-0.2, -0.15) is 0 Å². The van der Waals surface area contributed by atoms with Crippen molar-refractivity contribution in [2.45, 2.75) is 12.3 Å². The van der Waals surface area contributed by atoms with Crippen LogP contribution < -0.4 is 4.54 Å². The van der Waals surface area contributed by atoms with Crippen LogP contribution in [0, 0.1) is 4.91 Å². The molecule has 1 heterocycles. The van der Waals surface area contributed by atoms with E-state index >= 15 is 0 Å². The zero-order valence-corrected chi connectivity index (χ0v) is 11.4. The fraction of sp³-hybridized carbons (Fsp3) is 0.176. The average molecular weight is 279 g/mol. The van der Waals surface area contributed by atoms with Crippen molar-refractivity contribution in [3.05, 3.63) is 70.8 Å². The highest BCUT2D eigenvalue weighted by Crippen LogP contribution is 2.36. The van der Waals surface area contributed by atoms with Crippen LogP contribution in [0.3, 0.4) is 0 Å². The second-order valence-electron chi connectivity index (χ2n) is 5.38. The number of nitrogens with zero attached hydrogens (tertiary/aromatic N) is 2. The number of fused-ring (bicyclic) bond motifs is 3. The Labute approximate surface area is 121 Å². The zero-order valence-electron chi connectivity index (χ0n) is 11.4. The Bertz CT molecular complexity index is 884. The van der Waals surface area contributed by atoms with Gasteiger partial charge in [0, 0.05) is 10.9 Å². The van der Waals surface area contributed by atoms with E-state index in [2.05, 4.69) is 0 Å². The normalized spacial score (nSPS) is 16.5. The third-order valence-corrected chi connectivity index (χ3v) is 4.21. The molecule has 0 aliphatic heterocycles. The Morgan fingerprint density at radius 3 is 2.57 bits per heavy atom. The first-order chi connectivity index (χ1) is 10.3. The van der Waals surface area contributed by atoms with E-state index in [1.165, 1.54) is 0 Å². The summed E-state index contributed by atoms with van der Waals surface area (Å²) in [6.45, 7) is 0.0162. The fourth-order valence-electron chi connectivity index (χ4n) is 3.17. The molecule has 1 aliphatic rings. The molecule has 0 saturated heterocycles. The monoisotopic (exact) mass is 279 g/mol. The molecule has 0 saturated carbocycles. The van der Waals surface area contributed by atoms with Crippen molar-refractivity contribution in [2.75, 3.05) is 6.61 Å². The molecule has 2 aromatic carbocycles. The Balaban J connectivity index is 2.13. The highest BCUT2D eigenvalue weighted by atomic mass is 16.3. The van der Waals surface area contributed by atoms with E-state index in [1.807, 2.05) is 54.6 Å². The largest absolute Gasteiger partial charge is 0.395 e. The van der Waals surface area contributed by atoms with Gasteiger partial charge in [0.2, 0.25) is 0 Å². The van der Waals surface area contributed by atoms with Gasteiger partial charge in [-0.3, -0.25) is 0 Å². The summed E-state index contributed by atoms with van der Waals surface area (Å²) in [6, 6.07) is 17.5. The fourth-order valence-corrected chi connectivity index (χ4v) is 3.17. The molecule has 4 rings (SSSR count). The lowest BCUT2D eigenvalue weighted by atomic mass is 9.80. The number of hydrogen-bond donors (Lipinski definition) is 1. The molecule has 104 valence electrons. The van der Waals surface area contributed by atoms with Gasteiger partial charge < -0.3 is 5.11 Å². The highest BCUT2D eigenvalue weighted by Gasteiger charge is 2.40. The molecule has 0 bridgehead atoms. The standard InChI is InChI=1S/C17H15N2O2/c20-11-12-10-15-14-8-4-5-9-16(14)18(19(21)17(12)15)13-6-2-1-3-7-13/h1-9,12,20H,10-11H2/q+1. The maximum absolute atomic E-state index is 12.8. The molecule has 1 aliphatic carbocycles. The number of para-hydroxylation sites is 2. The molecular weight excluding hydrogens is 264 g/mol. The van der Waals surface area contributed by atoms with Crippen LogP contribution in [-0.4, -0.2) is 16.4 Å².